The number of carbonyl (C=O) groups excluding carboxylic acids is 1. The van der Waals surface area contributed by atoms with Gasteiger partial charge in [0.2, 0.25) is 0 Å². The van der Waals surface area contributed by atoms with Crippen molar-refractivity contribution in [2.45, 2.75) is 5.16 Å². The van der Waals surface area contributed by atoms with Gasteiger partial charge in [-0.05, 0) is 12.1 Å². The minimum absolute atomic E-state index is 0.0675. The van der Waals surface area contributed by atoms with E-state index in [0.29, 0.717) is 27.3 Å². The van der Waals surface area contributed by atoms with Gasteiger partial charge in [-0.25, -0.2) is 0 Å². The summed E-state index contributed by atoms with van der Waals surface area (Å²) in [6, 6.07) is 16.7. The topological polar surface area (TPSA) is 47.8 Å². The lowest BCUT2D eigenvalue weighted by Crippen LogP contribution is -2.03. The van der Waals surface area contributed by atoms with Crippen LogP contribution >= 0.6 is 23.4 Å². The third-order valence-electron chi connectivity index (χ3n) is 3.38. The molecule has 0 aliphatic carbocycles. The number of benzene rings is 2. The van der Waals surface area contributed by atoms with Crippen LogP contribution in [0.2, 0.25) is 5.02 Å². The van der Waals surface area contributed by atoms with E-state index >= 15 is 0 Å². The molecule has 0 aliphatic heterocycles. The zero-order valence-corrected chi connectivity index (χ0v) is 14.0. The van der Waals surface area contributed by atoms with Gasteiger partial charge in [0.1, 0.15) is 0 Å². The van der Waals surface area contributed by atoms with E-state index in [-0.39, 0.29) is 5.78 Å². The summed E-state index contributed by atoms with van der Waals surface area (Å²) in [4.78, 5) is 12.2. The average Bonchev–Trinajstić information content (AvgIpc) is 2.94. The Balaban J connectivity index is 1.76. The van der Waals surface area contributed by atoms with Gasteiger partial charge in [-0.1, -0.05) is 65.8 Å². The molecule has 6 heteroatoms. The van der Waals surface area contributed by atoms with E-state index in [2.05, 4.69) is 10.2 Å². The SMILES string of the molecule is Cn1c(SCC(=O)c2ccccc2)nnc1-c1ccccc1Cl. The third-order valence-corrected chi connectivity index (χ3v) is 4.73. The summed E-state index contributed by atoms with van der Waals surface area (Å²) in [5, 5.41) is 9.67. The van der Waals surface area contributed by atoms with Crippen LogP contribution in [0.4, 0.5) is 0 Å². The van der Waals surface area contributed by atoms with Crippen molar-refractivity contribution >= 4 is 29.1 Å². The number of rotatable bonds is 5. The summed E-state index contributed by atoms with van der Waals surface area (Å²) in [6.45, 7) is 0. The molecular weight excluding hydrogens is 330 g/mol. The molecule has 0 saturated carbocycles. The fourth-order valence-corrected chi connectivity index (χ4v) is 3.18. The number of halogens is 1. The van der Waals surface area contributed by atoms with Crippen LogP contribution in [0.25, 0.3) is 11.4 Å². The molecular formula is C17H14ClN3OS. The van der Waals surface area contributed by atoms with E-state index in [4.69, 9.17) is 11.6 Å². The first-order chi connectivity index (χ1) is 11.2. The number of thioether (sulfide) groups is 1. The Bertz CT molecular complexity index is 833. The van der Waals surface area contributed by atoms with Crippen LogP contribution in [0.5, 0.6) is 0 Å². The molecule has 0 atom stereocenters. The highest BCUT2D eigenvalue weighted by molar-refractivity contribution is 7.99. The second-order valence-electron chi connectivity index (χ2n) is 4.92. The maximum atomic E-state index is 12.2. The van der Waals surface area contributed by atoms with Crippen LogP contribution in [0, 0.1) is 0 Å². The summed E-state index contributed by atoms with van der Waals surface area (Å²) in [5.41, 5.74) is 1.53. The Labute approximate surface area is 143 Å². The largest absolute Gasteiger partial charge is 0.305 e. The molecule has 2 aromatic carbocycles. The van der Waals surface area contributed by atoms with Gasteiger partial charge in [-0.3, -0.25) is 4.79 Å². The summed E-state index contributed by atoms with van der Waals surface area (Å²) in [6.07, 6.45) is 0. The van der Waals surface area contributed by atoms with E-state index in [1.165, 1.54) is 11.8 Å². The monoisotopic (exact) mass is 343 g/mol. The molecule has 0 unspecified atom stereocenters. The number of Topliss-reactive ketones (excluding diaryl/α,β-unsaturated/α-hetero) is 1. The van der Waals surface area contributed by atoms with Gasteiger partial charge >= 0.3 is 0 Å². The molecule has 4 nitrogen and oxygen atoms in total. The Morgan fingerprint density at radius 3 is 2.52 bits per heavy atom. The normalized spacial score (nSPS) is 10.7. The van der Waals surface area contributed by atoms with Gasteiger partial charge in [0, 0.05) is 18.2 Å². The molecule has 0 N–H and O–H groups in total. The first-order valence-electron chi connectivity index (χ1n) is 7.02. The number of ketones is 1. The van der Waals surface area contributed by atoms with Crippen LogP contribution < -0.4 is 0 Å². The Morgan fingerprint density at radius 2 is 1.78 bits per heavy atom. The zero-order valence-electron chi connectivity index (χ0n) is 12.4. The standard InChI is InChI=1S/C17H14ClN3OS/c1-21-16(13-9-5-6-10-14(13)18)19-20-17(21)23-11-15(22)12-7-3-2-4-8-12/h2-10H,11H2,1H3. The first-order valence-corrected chi connectivity index (χ1v) is 8.38. The van der Waals surface area contributed by atoms with Gasteiger partial charge < -0.3 is 4.57 Å². The predicted octanol–water partition coefficient (Wildman–Crippen LogP) is 4.11. The van der Waals surface area contributed by atoms with E-state index in [9.17, 15) is 4.79 Å². The Hall–Kier alpha value is -2.11. The van der Waals surface area contributed by atoms with E-state index < -0.39 is 0 Å². The molecule has 3 aromatic rings. The molecule has 3 rings (SSSR count). The lowest BCUT2D eigenvalue weighted by atomic mass is 10.2. The summed E-state index contributed by atoms with van der Waals surface area (Å²) in [5.74, 6) is 1.07. The zero-order chi connectivity index (χ0) is 16.2. The van der Waals surface area contributed by atoms with Crippen LogP contribution in [-0.2, 0) is 7.05 Å². The molecule has 0 fully saturated rings. The van der Waals surface area contributed by atoms with Gasteiger partial charge in [0.15, 0.2) is 16.8 Å². The summed E-state index contributed by atoms with van der Waals surface area (Å²) in [7, 11) is 1.87. The fraction of sp³-hybridized carbons (Fsp3) is 0.118. The average molecular weight is 344 g/mol. The quantitative estimate of drug-likeness (QED) is 0.516. The molecule has 0 bridgehead atoms. The summed E-state index contributed by atoms with van der Waals surface area (Å²) < 4.78 is 1.85. The van der Waals surface area contributed by atoms with Gasteiger partial charge in [-0.2, -0.15) is 0 Å². The molecule has 23 heavy (non-hydrogen) atoms. The Morgan fingerprint density at radius 1 is 1.09 bits per heavy atom. The highest BCUT2D eigenvalue weighted by atomic mass is 35.5. The van der Waals surface area contributed by atoms with Crippen LogP contribution in [-0.4, -0.2) is 26.3 Å². The van der Waals surface area contributed by atoms with Crippen molar-refractivity contribution in [2.24, 2.45) is 7.05 Å². The fourth-order valence-electron chi connectivity index (χ4n) is 2.16. The number of nitrogens with zero attached hydrogens (tertiary/aromatic N) is 3. The van der Waals surface area contributed by atoms with Crippen molar-refractivity contribution in [3.05, 3.63) is 65.2 Å². The second kappa shape index (κ2) is 6.98. The van der Waals surface area contributed by atoms with Crippen molar-refractivity contribution in [3.63, 3.8) is 0 Å². The van der Waals surface area contributed by atoms with Crippen LogP contribution in [0.3, 0.4) is 0 Å². The number of hydrogen-bond donors (Lipinski definition) is 0. The number of hydrogen-bond acceptors (Lipinski definition) is 4. The van der Waals surface area contributed by atoms with Crippen molar-refractivity contribution in [2.75, 3.05) is 5.75 Å². The van der Waals surface area contributed by atoms with Crippen molar-refractivity contribution in [1.82, 2.24) is 14.8 Å². The van der Waals surface area contributed by atoms with Crippen molar-refractivity contribution in [1.29, 1.82) is 0 Å². The van der Waals surface area contributed by atoms with E-state index in [0.717, 1.165) is 5.56 Å². The highest BCUT2D eigenvalue weighted by Gasteiger charge is 2.15. The van der Waals surface area contributed by atoms with Gasteiger partial charge in [0.05, 0.1) is 10.8 Å². The summed E-state index contributed by atoms with van der Waals surface area (Å²) >= 11 is 7.57. The van der Waals surface area contributed by atoms with Crippen molar-refractivity contribution < 1.29 is 4.79 Å². The molecule has 116 valence electrons. The van der Waals surface area contributed by atoms with Gasteiger partial charge in [0.25, 0.3) is 0 Å². The first kappa shape index (κ1) is 15.8. The van der Waals surface area contributed by atoms with Crippen LogP contribution in [0.1, 0.15) is 10.4 Å². The lowest BCUT2D eigenvalue weighted by Gasteiger charge is -2.05. The molecule has 0 radical (unpaired) electrons. The van der Waals surface area contributed by atoms with E-state index in [1.807, 2.05) is 66.2 Å². The molecule has 0 aliphatic rings. The number of aromatic nitrogens is 3. The smallest absolute Gasteiger partial charge is 0.191 e. The molecule has 0 saturated heterocycles. The maximum Gasteiger partial charge on any atom is 0.191 e. The number of carbonyl (C=O) groups is 1. The minimum Gasteiger partial charge on any atom is -0.305 e. The van der Waals surface area contributed by atoms with Crippen LogP contribution in [0.15, 0.2) is 59.8 Å². The van der Waals surface area contributed by atoms with E-state index in [1.54, 1.807) is 0 Å². The minimum atomic E-state index is 0.0675. The molecule has 1 heterocycles. The third kappa shape index (κ3) is 3.46. The maximum absolute atomic E-state index is 12.2. The predicted molar refractivity (Wildman–Crippen MR) is 92.9 cm³/mol. The molecule has 1 aromatic heterocycles. The van der Waals surface area contributed by atoms with Crippen molar-refractivity contribution in [3.8, 4) is 11.4 Å². The van der Waals surface area contributed by atoms with Gasteiger partial charge in [-0.15, -0.1) is 10.2 Å². The molecule has 0 spiro atoms. The lowest BCUT2D eigenvalue weighted by molar-refractivity contribution is 0.102. The Kier molecular flexibility index (Phi) is 4.79. The second-order valence-corrected chi connectivity index (χ2v) is 6.27. The highest BCUT2D eigenvalue weighted by Crippen LogP contribution is 2.28. The molecule has 0 amide bonds.